The molecule has 0 unspecified atom stereocenters. The Kier molecular flexibility index (Phi) is 3.54. The van der Waals surface area contributed by atoms with Gasteiger partial charge in [-0.2, -0.15) is 0 Å². The van der Waals surface area contributed by atoms with Gasteiger partial charge >= 0.3 is 0 Å². The molecule has 0 aliphatic rings. The van der Waals surface area contributed by atoms with Crippen molar-refractivity contribution in [3.63, 3.8) is 0 Å². The van der Waals surface area contributed by atoms with Crippen LogP contribution in [-0.4, -0.2) is 15.0 Å². The van der Waals surface area contributed by atoms with Gasteiger partial charge < -0.3 is 4.98 Å². The third-order valence-electron chi connectivity index (χ3n) is 2.91. The van der Waals surface area contributed by atoms with Crippen molar-refractivity contribution in [3.05, 3.63) is 39.9 Å². The summed E-state index contributed by atoms with van der Waals surface area (Å²) in [5.74, 6) is 0.811. The van der Waals surface area contributed by atoms with Gasteiger partial charge in [0.2, 0.25) is 0 Å². The SMILES string of the molecule is Cc1cc(-c2nc(=S)cc(C(C)(C)C)[nH]2)cc(C)n1. The molecular weight excluding hydrogens is 254 g/mol. The zero-order valence-electron chi connectivity index (χ0n) is 12.0. The van der Waals surface area contributed by atoms with Crippen molar-refractivity contribution < 1.29 is 0 Å². The van der Waals surface area contributed by atoms with Crippen LogP contribution in [0, 0.1) is 18.5 Å². The van der Waals surface area contributed by atoms with Gasteiger partial charge in [0.05, 0.1) is 0 Å². The van der Waals surface area contributed by atoms with Crippen molar-refractivity contribution in [3.8, 4) is 11.4 Å². The molecule has 0 aliphatic carbocycles. The summed E-state index contributed by atoms with van der Waals surface area (Å²) < 4.78 is 0.616. The molecule has 2 aromatic rings. The highest BCUT2D eigenvalue weighted by molar-refractivity contribution is 7.71. The van der Waals surface area contributed by atoms with Gasteiger partial charge in [0.25, 0.3) is 0 Å². The summed E-state index contributed by atoms with van der Waals surface area (Å²) in [4.78, 5) is 12.2. The molecule has 2 heterocycles. The maximum atomic E-state index is 5.27. The molecule has 0 atom stereocenters. The number of H-pyrrole nitrogens is 1. The molecule has 2 rings (SSSR count). The molecule has 1 N–H and O–H groups in total. The van der Waals surface area contributed by atoms with Crippen LogP contribution in [-0.2, 0) is 5.41 Å². The van der Waals surface area contributed by atoms with Crippen LogP contribution in [0.4, 0.5) is 0 Å². The van der Waals surface area contributed by atoms with Gasteiger partial charge in [-0.25, -0.2) is 4.98 Å². The minimum Gasteiger partial charge on any atom is -0.343 e. The van der Waals surface area contributed by atoms with Gasteiger partial charge in [0.1, 0.15) is 10.5 Å². The molecule has 0 radical (unpaired) electrons. The van der Waals surface area contributed by atoms with Crippen LogP contribution < -0.4 is 0 Å². The first-order chi connectivity index (χ1) is 8.75. The Bertz CT molecular complexity index is 646. The van der Waals surface area contributed by atoms with E-state index >= 15 is 0 Å². The molecule has 0 saturated carbocycles. The van der Waals surface area contributed by atoms with Crippen molar-refractivity contribution in [2.45, 2.75) is 40.0 Å². The standard InChI is InChI=1S/C15H19N3S/c1-9-6-11(7-10(2)16-9)14-17-12(15(3,4)5)8-13(19)18-14/h6-8H,1-5H3,(H,17,18,19). The fourth-order valence-corrected chi connectivity index (χ4v) is 2.18. The minimum atomic E-state index is 0.0162. The number of aromatic nitrogens is 3. The quantitative estimate of drug-likeness (QED) is 0.795. The van der Waals surface area contributed by atoms with E-state index < -0.39 is 0 Å². The summed E-state index contributed by atoms with van der Waals surface area (Å²) in [6.45, 7) is 10.4. The van der Waals surface area contributed by atoms with Crippen molar-refractivity contribution >= 4 is 12.2 Å². The van der Waals surface area contributed by atoms with E-state index in [9.17, 15) is 0 Å². The van der Waals surface area contributed by atoms with Gasteiger partial charge in [-0.15, -0.1) is 0 Å². The Morgan fingerprint density at radius 1 is 1.00 bits per heavy atom. The first-order valence-electron chi connectivity index (χ1n) is 6.33. The second kappa shape index (κ2) is 4.85. The van der Waals surface area contributed by atoms with E-state index in [1.54, 1.807) is 0 Å². The molecule has 0 saturated heterocycles. The van der Waals surface area contributed by atoms with Gasteiger partial charge in [0, 0.05) is 28.1 Å². The molecule has 0 aliphatic heterocycles. The van der Waals surface area contributed by atoms with E-state index in [0.717, 1.165) is 28.5 Å². The lowest BCUT2D eigenvalue weighted by molar-refractivity contribution is 0.567. The average Bonchev–Trinajstić information content (AvgIpc) is 2.25. The zero-order chi connectivity index (χ0) is 14.2. The molecule has 100 valence electrons. The molecule has 4 heteroatoms. The average molecular weight is 273 g/mol. The highest BCUT2D eigenvalue weighted by Gasteiger charge is 2.16. The summed E-state index contributed by atoms with van der Waals surface area (Å²) in [7, 11) is 0. The van der Waals surface area contributed by atoms with E-state index in [2.05, 4.69) is 35.7 Å². The number of nitrogens with zero attached hydrogens (tertiary/aromatic N) is 2. The number of pyridine rings is 1. The number of hydrogen-bond donors (Lipinski definition) is 1. The van der Waals surface area contributed by atoms with E-state index in [0.29, 0.717) is 4.64 Å². The summed E-state index contributed by atoms with van der Waals surface area (Å²) in [6.07, 6.45) is 0. The second-order valence-corrected chi connectivity index (χ2v) is 6.29. The van der Waals surface area contributed by atoms with E-state index in [4.69, 9.17) is 12.2 Å². The predicted molar refractivity (Wildman–Crippen MR) is 80.8 cm³/mol. The first kappa shape index (κ1) is 13.9. The van der Waals surface area contributed by atoms with Crippen LogP contribution in [0.25, 0.3) is 11.4 Å². The Hall–Kier alpha value is -1.55. The number of rotatable bonds is 1. The smallest absolute Gasteiger partial charge is 0.139 e. The number of aryl methyl sites for hydroxylation is 2. The Morgan fingerprint density at radius 3 is 2.11 bits per heavy atom. The molecule has 0 bridgehead atoms. The molecule has 3 nitrogen and oxygen atoms in total. The van der Waals surface area contributed by atoms with Crippen LogP contribution in [0.15, 0.2) is 18.2 Å². The van der Waals surface area contributed by atoms with Crippen LogP contribution in [0.5, 0.6) is 0 Å². The lowest BCUT2D eigenvalue weighted by Crippen LogP contribution is -2.14. The van der Waals surface area contributed by atoms with Crippen molar-refractivity contribution in [1.29, 1.82) is 0 Å². The molecular formula is C15H19N3S. The van der Waals surface area contributed by atoms with Gasteiger partial charge in [-0.3, -0.25) is 4.98 Å². The normalized spacial score (nSPS) is 11.6. The highest BCUT2D eigenvalue weighted by atomic mass is 32.1. The highest BCUT2D eigenvalue weighted by Crippen LogP contribution is 2.23. The zero-order valence-corrected chi connectivity index (χ0v) is 12.9. The molecule has 19 heavy (non-hydrogen) atoms. The van der Waals surface area contributed by atoms with Crippen LogP contribution >= 0.6 is 12.2 Å². The van der Waals surface area contributed by atoms with E-state index in [1.165, 1.54) is 0 Å². The minimum absolute atomic E-state index is 0.0162. The topological polar surface area (TPSA) is 41.6 Å². The molecule has 0 fully saturated rings. The second-order valence-electron chi connectivity index (χ2n) is 5.87. The largest absolute Gasteiger partial charge is 0.343 e. The third kappa shape index (κ3) is 3.26. The summed E-state index contributed by atoms with van der Waals surface area (Å²) in [6, 6.07) is 5.97. The van der Waals surface area contributed by atoms with Gasteiger partial charge in [0.15, 0.2) is 0 Å². The fraction of sp³-hybridized carbons (Fsp3) is 0.400. The summed E-state index contributed by atoms with van der Waals surface area (Å²) in [5.41, 5.74) is 4.11. The molecule has 0 amide bonds. The van der Waals surface area contributed by atoms with Gasteiger partial charge in [-0.05, 0) is 32.0 Å². The molecule has 0 spiro atoms. The fourth-order valence-electron chi connectivity index (χ4n) is 1.97. The van der Waals surface area contributed by atoms with Crippen LogP contribution in [0.2, 0.25) is 0 Å². The lowest BCUT2D eigenvalue weighted by atomic mass is 9.92. The summed E-state index contributed by atoms with van der Waals surface area (Å²) in [5, 5.41) is 0. The van der Waals surface area contributed by atoms with Crippen LogP contribution in [0.1, 0.15) is 37.9 Å². The first-order valence-corrected chi connectivity index (χ1v) is 6.74. The molecule has 0 aromatic carbocycles. The Morgan fingerprint density at radius 2 is 1.58 bits per heavy atom. The van der Waals surface area contributed by atoms with Crippen molar-refractivity contribution in [1.82, 2.24) is 15.0 Å². The van der Waals surface area contributed by atoms with E-state index in [1.807, 2.05) is 32.0 Å². The van der Waals surface area contributed by atoms with Crippen molar-refractivity contribution in [2.24, 2.45) is 0 Å². The Balaban J connectivity index is 2.63. The lowest BCUT2D eigenvalue weighted by Gasteiger charge is -2.19. The predicted octanol–water partition coefficient (Wildman–Crippen LogP) is 4.12. The Labute approximate surface area is 119 Å². The van der Waals surface area contributed by atoms with Crippen molar-refractivity contribution in [2.75, 3.05) is 0 Å². The van der Waals surface area contributed by atoms with Gasteiger partial charge in [-0.1, -0.05) is 33.0 Å². The number of nitrogens with one attached hydrogen (secondary N) is 1. The third-order valence-corrected chi connectivity index (χ3v) is 3.11. The van der Waals surface area contributed by atoms with E-state index in [-0.39, 0.29) is 5.41 Å². The number of aromatic amines is 1. The number of hydrogen-bond acceptors (Lipinski definition) is 3. The maximum absolute atomic E-state index is 5.27. The monoisotopic (exact) mass is 273 g/mol. The molecule has 2 aromatic heterocycles. The van der Waals surface area contributed by atoms with Crippen LogP contribution in [0.3, 0.4) is 0 Å². The maximum Gasteiger partial charge on any atom is 0.139 e. The summed E-state index contributed by atoms with van der Waals surface area (Å²) >= 11 is 5.27.